The molecule has 1 aromatic carbocycles. The molecule has 0 saturated carbocycles. The molecule has 5 heteroatoms. The number of anilines is 1. The van der Waals surface area contributed by atoms with Crippen LogP contribution in [0.15, 0.2) is 28.7 Å². The zero-order valence-electron chi connectivity index (χ0n) is 12.7. The molecule has 3 nitrogen and oxygen atoms in total. The highest BCUT2D eigenvalue weighted by Crippen LogP contribution is 2.27. The Hall–Kier alpha value is -1.13. The standard InChI is InChI=1S/C16H19BrClN3/c1-10(2)15-19-14(18)11(3)16(20-15)21(4)9-12-7-5-6-8-13(12)17/h5-8,10H,9H2,1-4H3. The van der Waals surface area contributed by atoms with Crippen LogP contribution in [0.4, 0.5) is 5.82 Å². The van der Waals surface area contributed by atoms with Crippen LogP contribution in [0, 0.1) is 6.92 Å². The topological polar surface area (TPSA) is 29.0 Å². The van der Waals surface area contributed by atoms with Gasteiger partial charge in [0, 0.05) is 29.5 Å². The van der Waals surface area contributed by atoms with E-state index in [0.29, 0.717) is 5.15 Å². The van der Waals surface area contributed by atoms with Crippen LogP contribution < -0.4 is 4.90 Å². The quantitative estimate of drug-likeness (QED) is 0.714. The largest absolute Gasteiger partial charge is 0.355 e. The van der Waals surface area contributed by atoms with Gasteiger partial charge in [-0.25, -0.2) is 9.97 Å². The van der Waals surface area contributed by atoms with E-state index in [9.17, 15) is 0 Å². The summed E-state index contributed by atoms with van der Waals surface area (Å²) in [6, 6.07) is 8.19. The summed E-state index contributed by atoms with van der Waals surface area (Å²) in [6.45, 7) is 6.85. The Morgan fingerprint density at radius 1 is 1.24 bits per heavy atom. The molecule has 21 heavy (non-hydrogen) atoms. The molecule has 1 heterocycles. The number of halogens is 2. The molecule has 0 spiro atoms. The third kappa shape index (κ3) is 3.74. The predicted octanol–water partition coefficient (Wildman–Crippen LogP) is 4.96. The smallest absolute Gasteiger partial charge is 0.137 e. The number of rotatable bonds is 4. The van der Waals surface area contributed by atoms with E-state index in [1.165, 1.54) is 5.56 Å². The summed E-state index contributed by atoms with van der Waals surface area (Å²) in [6.07, 6.45) is 0. The summed E-state index contributed by atoms with van der Waals surface area (Å²) in [4.78, 5) is 11.1. The summed E-state index contributed by atoms with van der Waals surface area (Å²) < 4.78 is 1.10. The van der Waals surface area contributed by atoms with Crippen LogP contribution in [0.2, 0.25) is 5.15 Å². The van der Waals surface area contributed by atoms with Gasteiger partial charge in [0.25, 0.3) is 0 Å². The average Bonchev–Trinajstić information content (AvgIpc) is 2.43. The number of nitrogens with zero attached hydrogens (tertiary/aromatic N) is 3. The molecule has 0 aliphatic carbocycles. The summed E-state index contributed by atoms with van der Waals surface area (Å²) >= 11 is 9.84. The second-order valence-electron chi connectivity index (χ2n) is 5.42. The first-order valence-corrected chi connectivity index (χ1v) is 8.05. The lowest BCUT2D eigenvalue weighted by Gasteiger charge is -2.22. The van der Waals surface area contributed by atoms with Crippen molar-refractivity contribution >= 4 is 33.3 Å². The summed E-state index contributed by atoms with van der Waals surface area (Å²) in [7, 11) is 2.02. The van der Waals surface area contributed by atoms with Gasteiger partial charge in [0.2, 0.25) is 0 Å². The van der Waals surface area contributed by atoms with Crippen molar-refractivity contribution in [3.63, 3.8) is 0 Å². The van der Waals surface area contributed by atoms with Crippen LogP contribution in [0.5, 0.6) is 0 Å². The molecule has 0 N–H and O–H groups in total. The Kier molecular flexibility index (Phi) is 5.22. The Balaban J connectivity index is 2.35. The van der Waals surface area contributed by atoms with Crippen LogP contribution in [0.1, 0.15) is 36.7 Å². The van der Waals surface area contributed by atoms with Crippen molar-refractivity contribution in [1.29, 1.82) is 0 Å². The molecule has 0 saturated heterocycles. The molecular weight excluding hydrogens is 350 g/mol. The fourth-order valence-electron chi connectivity index (χ4n) is 2.08. The SMILES string of the molecule is Cc1c(Cl)nc(C(C)C)nc1N(C)Cc1ccccc1Br. The molecule has 0 atom stereocenters. The summed E-state index contributed by atoms with van der Waals surface area (Å²) in [5.74, 6) is 1.91. The van der Waals surface area contributed by atoms with Gasteiger partial charge in [-0.05, 0) is 18.6 Å². The van der Waals surface area contributed by atoms with Gasteiger partial charge in [-0.1, -0.05) is 59.6 Å². The van der Waals surface area contributed by atoms with Crippen molar-refractivity contribution in [2.45, 2.75) is 33.2 Å². The highest BCUT2D eigenvalue weighted by atomic mass is 79.9. The second kappa shape index (κ2) is 6.75. The third-order valence-corrected chi connectivity index (χ3v) is 4.46. The van der Waals surface area contributed by atoms with Gasteiger partial charge in [-0.15, -0.1) is 0 Å². The molecule has 1 aromatic heterocycles. The number of benzene rings is 1. The van der Waals surface area contributed by atoms with E-state index in [4.69, 9.17) is 11.6 Å². The van der Waals surface area contributed by atoms with E-state index < -0.39 is 0 Å². The number of hydrogen-bond donors (Lipinski definition) is 0. The van der Waals surface area contributed by atoms with Gasteiger partial charge >= 0.3 is 0 Å². The van der Waals surface area contributed by atoms with Crippen molar-refractivity contribution in [3.8, 4) is 0 Å². The van der Waals surface area contributed by atoms with E-state index in [1.54, 1.807) is 0 Å². The van der Waals surface area contributed by atoms with E-state index >= 15 is 0 Å². The van der Waals surface area contributed by atoms with Gasteiger partial charge in [-0.3, -0.25) is 0 Å². The van der Waals surface area contributed by atoms with Crippen molar-refractivity contribution < 1.29 is 0 Å². The van der Waals surface area contributed by atoms with Gasteiger partial charge in [0.1, 0.15) is 16.8 Å². The lowest BCUT2D eigenvalue weighted by Crippen LogP contribution is -2.20. The van der Waals surface area contributed by atoms with Crippen molar-refractivity contribution in [3.05, 3.63) is 50.8 Å². The Labute approximate surface area is 139 Å². The summed E-state index contributed by atoms with van der Waals surface area (Å²) in [5, 5.41) is 0.530. The summed E-state index contributed by atoms with van der Waals surface area (Å²) in [5.41, 5.74) is 2.12. The van der Waals surface area contributed by atoms with Crippen LogP contribution >= 0.6 is 27.5 Å². The van der Waals surface area contributed by atoms with Gasteiger partial charge in [0.05, 0.1) is 0 Å². The maximum absolute atomic E-state index is 6.25. The maximum atomic E-state index is 6.25. The normalized spacial score (nSPS) is 11.0. The van der Waals surface area contributed by atoms with Crippen molar-refractivity contribution in [1.82, 2.24) is 9.97 Å². The minimum absolute atomic E-state index is 0.249. The molecule has 112 valence electrons. The predicted molar refractivity (Wildman–Crippen MR) is 92.1 cm³/mol. The highest BCUT2D eigenvalue weighted by Gasteiger charge is 2.15. The Morgan fingerprint density at radius 2 is 1.90 bits per heavy atom. The van der Waals surface area contributed by atoms with Crippen LogP contribution in [0.3, 0.4) is 0 Å². The van der Waals surface area contributed by atoms with Gasteiger partial charge in [-0.2, -0.15) is 0 Å². The van der Waals surface area contributed by atoms with Gasteiger partial charge < -0.3 is 4.90 Å². The molecule has 0 aliphatic rings. The van der Waals surface area contributed by atoms with E-state index in [-0.39, 0.29) is 5.92 Å². The molecule has 0 unspecified atom stereocenters. The minimum Gasteiger partial charge on any atom is -0.355 e. The molecule has 0 bridgehead atoms. The molecule has 2 rings (SSSR count). The monoisotopic (exact) mass is 367 g/mol. The van der Waals surface area contributed by atoms with Crippen molar-refractivity contribution in [2.24, 2.45) is 0 Å². The van der Waals surface area contributed by atoms with Gasteiger partial charge in [0.15, 0.2) is 0 Å². The van der Waals surface area contributed by atoms with E-state index in [1.807, 2.05) is 32.2 Å². The van der Waals surface area contributed by atoms with Crippen LogP contribution in [0.25, 0.3) is 0 Å². The molecule has 0 radical (unpaired) electrons. The van der Waals surface area contributed by atoms with E-state index in [0.717, 1.165) is 28.2 Å². The lowest BCUT2D eigenvalue weighted by molar-refractivity contribution is 0.758. The Bertz CT molecular complexity index is 643. The zero-order valence-corrected chi connectivity index (χ0v) is 15.0. The minimum atomic E-state index is 0.249. The fraction of sp³-hybridized carbons (Fsp3) is 0.375. The van der Waals surface area contributed by atoms with Crippen molar-refractivity contribution in [2.75, 3.05) is 11.9 Å². The molecule has 0 aliphatic heterocycles. The third-order valence-electron chi connectivity index (χ3n) is 3.32. The molecular formula is C16H19BrClN3. The fourth-order valence-corrected chi connectivity index (χ4v) is 2.66. The first kappa shape index (κ1) is 16.2. The first-order valence-electron chi connectivity index (χ1n) is 6.88. The Morgan fingerprint density at radius 3 is 2.52 bits per heavy atom. The van der Waals surface area contributed by atoms with E-state index in [2.05, 4.69) is 50.7 Å². The lowest BCUT2D eigenvalue weighted by atomic mass is 10.2. The maximum Gasteiger partial charge on any atom is 0.137 e. The number of hydrogen-bond acceptors (Lipinski definition) is 3. The second-order valence-corrected chi connectivity index (χ2v) is 6.64. The van der Waals surface area contributed by atoms with Crippen LogP contribution in [-0.4, -0.2) is 17.0 Å². The molecule has 2 aromatic rings. The average molecular weight is 369 g/mol. The van der Waals surface area contributed by atoms with Crippen LogP contribution in [-0.2, 0) is 6.54 Å². The number of aromatic nitrogens is 2. The first-order chi connectivity index (χ1) is 9.90. The molecule has 0 fully saturated rings. The zero-order chi connectivity index (χ0) is 15.6. The highest BCUT2D eigenvalue weighted by molar-refractivity contribution is 9.10. The molecule has 0 amide bonds.